The Labute approximate surface area is 184 Å². The average Bonchev–Trinajstić information content (AvgIpc) is 2.67. The summed E-state index contributed by atoms with van der Waals surface area (Å²) < 4.78 is 49.6. The summed E-state index contributed by atoms with van der Waals surface area (Å²) in [6.45, 7) is 4.83. The number of aliphatic hydroxyl groups excluding tert-OH is 1. The highest BCUT2D eigenvalue weighted by molar-refractivity contribution is 5.78. The van der Waals surface area contributed by atoms with Crippen molar-refractivity contribution < 1.29 is 37.3 Å². The lowest BCUT2D eigenvalue weighted by molar-refractivity contribution is -0.129. The van der Waals surface area contributed by atoms with Crippen LogP contribution in [0.4, 0.5) is 18.0 Å². The largest absolute Gasteiger partial charge is 0.484 e. The number of nitrogens with one attached hydrogen (secondary N) is 2. The third kappa shape index (κ3) is 5.46. The highest BCUT2D eigenvalue weighted by Crippen LogP contribution is 2.47. The number of halogens is 3. The van der Waals surface area contributed by atoms with Gasteiger partial charge in [0.05, 0.1) is 17.2 Å². The molecule has 3 aliphatic rings. The molecule has 1 atom stereocenters. The zero-order chi connectivity index (χ0) is 23.7. The Morgan fingerprint density at radius 1 is 1.19 bits per heavy atom. The lowest BCUT2D eigenvalue weighted by Gasteiger charge is -2.56. The van der Waals surface area contributed by atoms with Gasteiger partial charge >= 0.3 is 6.09 Å². The number of rotatable bonds is 6. The van der Waals surface area contributed by atoms with Crippen LogP contribution in [0.5, 0.6) is 5.75 Å². The Kier molecular flexibility index (Phi) is 6.65. The Morgan fingerprint density at radius 3 is 2.41 bits per heavy atom. The lowest BCUT2D eigenvalue weighted by Crippen LogP contribution is -2.70. The second-order valence-electron chi connectivity index (χ2n) is 9.60. The molecule has 0 saturated heterocycles. The molecule has 2 bridgehead atoms. The van der Waals surface area contributed by atoms with Gasteiger partial charge in [-0.15, -0.1) is 0 Å². The molecule has 1 aromatic rings. The minimum atomic E-state index is -2.99. The summed E-state index contributed by atoms with van der Waals surface area (Å²) in [5, 5.41) is 16.4. The SMILES string of the molecule is CC(C)(C)OC(=O)NC12CCC(NC(=O)COc3ccc(F)c(C(F)F)c3)(CC1)C[C@H]2O. The van der Waals surface area contributed by atoms with Gasteiger partial charge in [0.25, 0.3) is 12.3 Å². The van der Waals surface area contributed by atoms with Crippen LogP contribution in [-0.2, 0) is 9.53 Å². The number of ether oxygens (including phenoxy) is 2. The number of alkyl halides is 2. The second kappa shape index (κ2) is 8.80. The maximum Gasteiger partial charge on any atom is 0.408 e. The van der Waals surface area contributed by atoms with Gasteiger partial charge in [-0.1, -0.05) is 0 Å². The van der Waals surface area contributed by atoms with Gasteiger partial charge in [0, 0.05) is 5.54 Å². The Balaban J connectivity index is 1.55. The summed E-state index contributed by atoms with van der Waals surface area (Å²) in [5.41, 5.74) is -2.90. The Hall–Kier alpha value is -2.49. The lowest BCUT2D eigenvalue weighted by atomic mass is 9.60. The van der Waals surface area contributed by atoms with Crippen LogP contribution in [0.2, 0.25) is 0 Å². The summed E-state index contributed by atoms with van der Waals surface area (Å²) in [6.07, 6.45) is -2.20. The standard InChI is InChI=1S/C22H29F3N2O5/c1-20(2,3)32-19(30)27-22-8-6-21(7-9-22,11-16(22)28)26-17(29)12-31-13-4-5-15(23)14(10-13)18(24)25/h4-5,10,16,18,28H,6-9,11-12H2,1-3H3,(H,26,29)(H,27,30)/t16-,21?,22?/m1/s1. The molecule has 0 unspecified atom stereocenters. The smallest absolute Gasteiger partial charge is 0.408 e. The van der Waals surface area contributed by atoms with Gasteiger partial charge in [0.15, 0.2) is 6.61 Å². The van der Waals surface area contributed by atoms with E-state index in [0.717, 1.165) is 12.1 Å². The molecule has 178 valence electrons. The molecule has 3 saturated carbocycles. The first kappa shape index (κ1) is 24.2. The van der Waals surface area contributed by atoms with Crippen molar-refractivity contribution in [1.82, 2.24) is 10.6 Å². The fourth-order valence-electron chi connectivity index (χ4n) is 4.43. The number of aliphatic hydroxyl groups is 1. The molecule has 0 aliphatic heterocycles. The second-order valence-corrected chi connectivity index (χ2v) is 9.60. The van der Waals surface area contributed by atoms with Crippen molar-refractivity contribution in [1.29, 1.82) is 0 Å². The van der Waals surface area contributed by atoms with Crippen LogP contribution in [0.25, 0.3) is 0 Å². The fourth-order valence-corrected chi connectivity index (χ4v) is 4.43. The normalized spacial score (nSPS) is 27.2. The van der Waals surface area contributed by atoms with E-state index in [2.05, 4.69) is 10.6 Å². The first-order valence-electron chi connectivity index (χ1n) is 10.5. The minimum Gasteiger partial charge on any atom is -0.484 e. The molecule has 1 aromatic carbocycles. The van der Waals surface area contributed by atoms with Gasteiger partial charge in [-0.2, -0.15) is 0 Å². The van der Waals surface area contributed by atoms with Crippen LogP contribution < -0.4 is 15.4 Å². The molecule has 0 heterocycles. The van der Waals surface area contributed by atoms with E-state index < -0.39 is 59.2 Å². The molecule has 0 aromatic heterocycles. The summed E-state index contributed by atoms with van der Waals surface area (Å²) >= 11 is 0. The van der Waals surface area contributed by atoms with Gasteiger partial charge in [-0.25, -0.2) is 18.0 Å². The molecule has 3 N–H and O–H groups in total. The van der Waals surface area contributed by atoms with E-state index in [1.54, 1.807) is 20.8 Å². The van der Waals surface area contributed by atoms with E-state index >= 15 is 0 Å². The van der Waals surface area contributed by atoms with Crippen LogP contribution in [-0.4, -0.2) is 46.5 Å². The predicted molar refractivity (Wildman–Crippen MR) is 109 cm³/mol. The van der Waals surface area contributed by atoms with Crippen LogP contribution in [0.1, 0.15) is 64.9 Å². The van der Waals surface area contributed by atoms with Crippen LogP contribution in [0.15, 0.2) is 18.2 Å². The van der Waals surface area contributed by atoms with E-state index in [1.807, 2.05) is 0 Å². The van der Waals surface area contributed by atoms with Crippen molar-refractivity contribution >= 4 is 12.0 Å². The molecule has 32 heavy (non-hydrogen) atoms. The third-order valence-corrected chi connectivity index (χ3v) is 6.05. The van der Waals surface area contributed by atoms with E-state index in [9.17, 15) is 27.9 Å². The van der Waals surface area contributed by atoms with Crippen LogP contribution in [0.3, 0.4) is 0 Å². The number of amides is 2. The Bertz CT molecular complexity index is 864. The molecule has 3 aliphatic carbocycles. The number of carbonyl (C=O) groups excluding carboxylic acids is 2. The van der Waals surface area contributed by atoms with E-state index in [0.29, 0.717) is 25.7 Å². The fraction of sp³-hybridized carbons (Fsp3) is 0.636. The molecular weight excluding hydrogens is 429 g/mol. The van der Waals surface area contributed by atoms with Crippen molar-refractivity contribution in [3.8, 4) is 5.75 Å². The number of hydrogen-bond donors (Lipinski definition) is 3. The number of alkyl carbamates (subject to hydrolysis) is 1. The highest BCUT2D eigenvalue weighted by Gasteiger charge is 2.55. The monoisotopic (exact) mass is 458 g/mol. The molecule has 4 rings (SSSR count). The molecule has 2 amide bonds. The van der Waals surface area contributed by atoms with Crippen LogP contribution in [0, 0.1) is 5.82 Å². The summed E-state index contributed by atoms with van der Waals surface area (Å²) in [5.74, 6) is -1.56. The van der Waals surface area contributed by atoms with E-state index in [4.69, 9.17) is 9.47 Å². The Morgan fingerprint density at radius 2 is 1.84 bits per heavy atom. The van der Waals surface area contributed by atoms with Crippen LogP contribution >= 0.6 is 0 Å². The number of benzene rings is 1. The number of carbonyl (C=O) groups is 2. The van der Waals surface area contributed by atoms with Crippen molar-refractivity contribution in [3.63, 3.8) is 0 Å². The molecular formula is C22H29F3N2O5. The molecule has 10 heteroatoms. The zero-order valence-corrected chi connectivity index (χ0v) is 18.3. The molecule has 0 spiro atoms. The zero-order valence-electron chi connectivity index (χ0n) is 18.3. The minimum absolute atomic E-state index is 0.0396. The van der Waals surface area contributed by atoms with E-state index in [-0.39, 0.29) is 12.2 Å². The molecule has 0 radical (unpaired) electrons. The number of fused-ring (bicyclic) bond motifs is 3. The first-order valence-corrected chi connectivity index (χ1v) is 10.5. The predicted octanol–water partition coefficient (Wildman–Crippen LogP) is 3.60. The molecule has 7 nitrogen and oxygen atoms in total. The quantitative estimate of drug-likeness (QED) is 0.605. The van der Waals surface area contributed by atoms with Gasteiger partial charge in [-0.3, -0.25) is 4.79 Å². The van der Waals surface area contributed by atoms with Crippen molar-refractivity contribution in [2.45, 2.75) is 82.1 Å². The van der Waals surface area contributed by atoms with Crippen molar-refractivity contribution in [3.05, 3.63) is 29.6 Å². The topological polar surface area (TPSA) is 96.9 Å². The maximum atomic E-state index is 13.4. The first-order chi connectivity index (χ1) is 14.8. The summed E-state index contributed by atoms with van der Waals surface area (Å²) in [7, 11) is 0. The molecule has 3 fully saturated rings. The van der Waals surface area contributed by atoms with Gasteiger partial charge in [0.1, 0.15) is 17.2 Å². The summed E-state index contributed by atoms with van der Waals surface area (Å²) in [6, 6.07) is 2.91. The third-order valence-electron chi connectivity index (χ3n) is 6.05. The average molecular weight is 458 g/mol. The number of hydrogen-bond acceptors (Lipinski definition) is 5. The van der Waals surface area contributed by atoms with Crippen molar-refractivity contribution in [2.75, 3.05) is 6.61 Å². The van der Waals surface area contributed by atoms with Gasteiger partial charge < -0.3 is 25.2 Å². The van der Waals surface area contributed by atoms with Crippen molar-refractivity contribution in [2.24, 2.45) is 0 Å². The van der Waals surface area contributed by atoms with Gasteiger partial charge in [0.2, 0.25) is 0 Å². The maximum absolute atomic E-state index is 13.4. The van der Waals surface area contributed by atoms with E-state index in [1.165, 1.54) is 6.07 Å². The summed E-state index contributed by atoms with van der Waals surface area (Å²) in [4.78, 5) is 24.7. The van der Waals surface area contributed by atoms with Gasteiger partial charge in [-0.05, 0) is 71.1 Å². The highest BCUT2D eigenvalue weighted by atomic mass is 19.3.